The lowest BCUT2D eigenvalue weighted by Crippen LogP contribution is -2.52. The number of nitrogens with two attached hydrogens (primary N) is 1. The maximum Gasteiger partial charge on any atom is 0.109 e. The maximum absolute atomic E-state index is 5.47. The van der Waals surface area contributed by atoms with Crippen molar-refractivity contribution < 1.29 is 4.74 Å². The summed E-state index contributed by atoms with van der Waals surface area (Å²) in [7, 11) is 2.04. The number of nitrogens with zero attached hydrogens (tertiary/aromatic N) is 1. The number of likely N-dealkylation sites (N-methyl/N-ethyl adjacent to an activating group) is 1. The maximum atomic E-state index is 5.47. The molecule has 0 bridgehead atoms. The van der Waals surface area contributed by atoms with Crippen LogP contribution in [0.4, 0.5) is 0 Å². The molecule has 0 radical (unpaired) electrons. The zero-order valence-electron chi connectivity index (χ0n) is 7.29. The molecule has 1 aliphatic rings. The highest BCUT2D eigenvalue weighted by atomic mass is 16.5. The highest BCUT2D eigenvalue weighted by Crippen LogP contribution is 2.05. The molecule has 0 aromatic heterocycles. The average Bonchev–Trinajstić information content (AvgIpc) is 2.07. The average molecular weight is 169 g/mol. The Kier molecular flexibility index (Phi) is 3.50. The van der Waals surface area contributed by atoms with Crippen molar-refractivity contribution in [2.75, 3.05) is 26.7 Å². The minimum absolute atomic E-state index is 0.0127. The third kappa shape index (κ3) is 2.19. The molecule has 0 aromatic carbocycles. The summed E-state index contributed by atoms with van der Waals surface area (Å²) < 4.78 is 5.47. The first kappa shape index (κ1) is 9.49. The highest BCUT2D eigenvalue weighted by Gasteiger charge is 2.24. The quantitative estimate of drug-likeness (QED) is 0.309. The zero-order valence-corrected chi connectivity index (χ0v) is 7.29. The number of terminal acetylenes is 1. The van der Waals surface area contributed by atoms with E-state index in [-0.39, 0.29) is 12.1 Å². The van der Waals surface area contributed by atoms with Gasteiger partial charge in [-0.15, -0.1) is 6.42 Å². The van der Waals surface area contributed by atoms with Crippen molar-refractivity contribution in [3.05, 3.63) is 0 Å². The minimum Gasteiger partial charge on any atom is -0.373 e. The van der Waals surface area contributed by atoms with E-state index in [0.717, 1.165) is 19.7 Å². The molecule has 12 heavy (non-hydrogen) atoms. The first-order chi connectivity index (χ1) is 5.77. The van der Waals surface area contributed by atoms with E-state index in [1.807, 2.05) is 7.05 Å². The van der Waals surface area contributed by atoms with E-state index in [4.69, 9.17) is 17.0 Å². The molecule has 0 amide bonds. The molecule has 2 atom stereocenters. The SMILES string of the molecule is C#CC(NN)C1CN(C)CCO1. The van der Waals surface area contributed by atoms with Gasteiger partial charge in [0, 0.05) is 13.1 Å². The Labute approximate surface area is 73.0 Å². The van der Waals surface area contributed by atoms with Crippen molar-refractivity contribution in [3.63, 3.8) is 0 Å². The summed E-state index contributed by atoms with van der Waals surface area (Å²) in [6.07, 6.45) is 5.28. The fraction of sp³-hybridized carbons (Fsp3) is 0.750. The largest absolute Gasteiger partial charge is 0.373 e. The van der Waals surface area contributed by atoms with Crippen LogP contribution in [-0.2, 0) is 4.74 Å². The van der Waals surface area contributed by atoms with Gasteiger partial charge in [-0.3, -0.25) is 5.84 Å². The second kappa shape index (κ2) is 4.43. The Morgan fingerprint density at radius 2 is 2.58 bits per heavy atom. The van der Waals surface area contributed by atoms with Gasteiger partial charge in [0.05, 0.1) is 12.7 Å². The van der Waals surface area contributed by atoms with Gasteiger partial charge in [0.1, 0.15) is 6.04 Å². The van der Waals surface area contributed by atoms with Crippen LogP contribution >= 0.6 is 0 Å². The lowest BCUT2D eigenvalue weighted by atomic mass is 10.1. The van der Waals surface area contributed by atoms with Gasteiger partial charge >= 0.3 is 0 Å². The van der Waals surface area contributed by atoms with Crippen LogP contribution in [0.25, 0.3) is 0 Å². The number of ether oxygens (including phenoxy) is 1. The molecule has 1 fully saturated rings. The lowest BCUT2D eigenvalue weighted by Gasteiger charge is -2.32. The van der Waals surface area contributed by atoms with Gasteiger partial charge in [-0.1, -0.05) is 5.92 Å². The number of hydrogen-bond acceptors (Lipinski definition) is 4. The molecule has 4 heteroatoms. The smallest absolute Gasteiger partial charge is 0.109 e. The van der Waals surface area contributed by atoms with Crippen molar-refractivity contribution in [1.29, 1.82) is 0 Å². The first-order valence-corrected chi connectivity index (χ1v) is 4.00. The van der Waals surface area contributed by atoms with E-state index in [0.29, 0.717) is 0 Å². The van der Waals surface area contributed by atoms with Gasteiger partial charge in [-0.25, -0.2) is 5.43 Å². The van der Waals surface area contributed by atoms with E-state index in [1.54, 1.807) is 0 Å². The number of hydrazine groups is 1. The third-order valence-corrected chi connectivity index (χ3v) is 2.03. The van der Waals surface area contributed by atoms with Crippen LogP contribution in [0.5, 0.6) is 0 Å². The molecule has 4 nitrogen and oxygen atoms in total. The summed E-state index contributed by atoms with van der Waals surface area (Å²) >= 11 is 0. The van der Waals surface area contributed by atoms with Gasteiger partial charge in [0.2, 0.25) is 0 Å². The van der Waals surface area contributed by atoms with Gasteiger partial charge in [-0.05, 0) is 7.05 Å². The molecular formula is C8H15N3O. The number of nitrogens with one attached hydrogen (secondary N) is 1. The van der Waals surface area contributed by atoms with Crippen LogP contribution in [-0.4, -0.2) is 43.8 Å². The Bertz CT molecular complexity index is 178. The fourth-order valence-corrected chi connectivity index (χ4v) is 1.28. The molecule has 3 N–H and O–H groups in total. The van der Waals surface area contributed by atoms with Gasteiger partial charge < -0.3 is 9.64 Å². The molecule has 1 rings (SSSR count). The van der Waals surface area contributed by atoms with Crippen LogP contribution < -0.4 is 11.3 Å². The fourth-order valence-electron chi connectivity index (χ4n) is 1.28. The molecule has 0 saturated carbocycles. The summed E-state index contributed by atoms with van der Waals surface area (Å²) in [6.45, 7) is 2.51. The topological polar surface area (TPSA) is 50.5 Å². The zero-order chi connectivity index (χ0) is 8.97. The molecule has 68 valence electrons. The number of hydrogen-bond donors (Lipinski definition) is 2. The van der Waals surface area contributed by atoms with Gasteiger partial charge in [-0.2, -0.15) is 0 Å². The predicted octanol–water partition coefficient (Wildman–Crippen LogP) is -1.22. The Balaban J connectivity index is 2.45. The van der Waals surface area contributed by atoms with Crippen LogP contribution in [0.15, 0.2) is 0 Å². The first-order valence-electron chi connectivity index (χ1n) is 4.00. The van der Waals surface area contributed by atoms with E-state index in [9.17, 15) is 0 Å². The lowest BCUT2D eigenvalue weighted by molar-refractivity contribution is -0.0289. The molecule has 1 heterocycles. The summed E-state index contributed by atoms with van der Waals surface area (Å²) in [5, 5.41) is 0. The molecule has 0 aliphatic carbocycles. The molecular weight excluding hydrogens is 154 g/mol. The van der Waals surface area contributed by atoms with Gasteiger partial charge in [0.25, 0.3) is 0 Å². The van der Waals surface area contributed by atoms with Crippen molar-refractivity contribution in [1.82, 2.24) is 10.3 Å². The van der Waals surface area contributed by atoms with Crippen molar-refractivity contribution >= 4 is 0 Å². The Hall–Kier alpha value is -0.600. The summed E-state index contributed by atoms with van der Waals surface area (Å²) in [4.78, 5) is 2.18. The van der Waals surface area contributed by atoms with Crippen LogP contribution in [0.3, 0.4) is 0 Å². The monoisotopic (exact) mass is 169 g/mol. The van der Waals surface area contributed by atoms with Gasteiger partial charge in [0.15, 0.2) is 0 Å². The van der Waals surface area contributed by atoms with Crippen LogP contribution in [0, 0.1) is 12.3 Å². The summed E-state index contributed by atoms with van der Waals surface area (Å²) in [5.74, 6) is 7.82. The standard InChI is InChI=1S/C8H15N3O/c1-3-7(10-9)8-6-11(2)4-5-12-8/h1,7-8,10H,4-6,9H2,2H3. The molecule has 1 aliphatic heterocycles. The minimum atomic E-state index is -0.187. The Morgan fingerprint density at radius 3 is 3.08 bits per heavy atom. The predicted molar refractivity (Wildman–Crippen MR) is 47.2 cm³/mol. The molecule has 0 aromatic rings. The summed E-state index contributed by atoms with van der Waals surface area (Å²) in [6, 6.07) is -0.187. The number of morpholine rings is 1. The third-order valence-electron chi connectivity index (χ3n) is 2.03. The van der Waals surface area contributed by atoms with E-state index in [1.165, 1.54) is 0 Å². The van der Waals surface area contributed by atoms with Crippen molar-refractivity contribution in [3.8, 4) is 12.3 Å². The number of rotatable bonds is 2. The van der Waals surface area contributed by atoms with Crippen LogP contribution in [0.1, 0.15) is 0 Å². The van der Waals surface area contributed by atoms with Crippen molar-refractivity contribution in [2.24, 2.45) is 5.84 Å². The molecule has 0 spiro atoms. The van der Waals surface area contributed by atoms with E-state index < -0.39 is 0 Å². The normalized spacial score (nSPS) is 27.9. The van der Waals surface area contributed by atoms with E-state index in [2.05, 4.69) is 16.2 Å². The second-order valence-electron chi connectivity index (χ2n) is 2.98. The van der Waals surface area contributed by atoms with Crippen molar-refractivity contribution in [2.45, 2.75) is 12.1 Å². The Morgan fingerprint density at radius 1 is 1.83 bits per heavy atom. The second-order valence-corrected chi connectivity index (χ2v) is 2.98. The molecule has 1 saturated heterocycles. The highest BCUT2D eigenvalue weighted by molar-refractivity contribution is 5.03. The van der Waals surface area contributed by atoms with Crippen LogP contribution in [0.2, 0.25) is 0 Å². The summed E-state index contributed by atoms with van der Waals surface area (Å²) in [5.41, 5.74) is 2.55. The molecule has 2 unspecified atom stereocenters. The van der Waals surface area contributed by atoms with E-state index >= 15 is 0 Å².